The number of ether oxygens (including phenoxy) is 2. The SMILES string of the molecule is COc1ccc(-c2csc(NC(=O)CN3CCN(CC(=O)N4CCCC4)CC3)n2)c(OC)c1. The van der Waals surface area contributed by atoms with Crippen molar-refractivity contribution < 1.29 is 19.1 Å². The summed E-state index contributed by atoms with van der Waals surface area (Å²) < 4.78 is 10.7. The number of amides is 2. The molecule has 2 aromatic rings. The highest BCUT2D eigenvalue weighted by atomic mass is 32.1. The standard InChI is InChI=1S/C23H31N5O4S/c1-31-17-5-6-18(20(13-17)32-2)19-16-33-23(24-19)25-21(29)14-26-9-11-27(12-10-26)15-22(30)28-7-3-4-8-28/h5-6,13,16H,3-4,7-12,14-15H2,1-2H3,(H,24,25,29). The Bertz CT molecular complexity index is 968. The van der Waals surface area contributed by atoms with E-state index in [1.54, 1.807) is 14.2 Å². The van der Waals surface area contributed by atoms with Gasteiger partial charge in [0.1, 0.15) is 11.5 Å². The second-order valence-corrected chi connectivity index (χ2v) is 9.15. The maximum Gasteiger partial charge on any atom is 0.240 e. The molecule has 1 aromatic heterocycles. The van der Waals surface area contributed by atoms with Crippen molar-refractivity contribution in [3.63, 3.8) is 0 Å². The average Bonchev–Trinajstić information content (AvgIpc) is 3.52. The first-order chi connectivity index (χ1) is 16.1. The van der Waals surface area contributed by atoms with E-state index in [2.05, 4.69) is 20.1 Å². The number of piperazine rings is 1. The first-order valence-electron chi connectivity index (χ1n) is 11.3. The maximum absolute atomic E-state index is 12.6. The second kappa shape index (κ2) is 11.0. The predicted octanol–water partition coefficient (Wildman–Crippen LogP) is 2.01. The highest BCUT2D eigenvalue weighted by Gasteiger charge is 2.24. The van der Waals surface area contributed by atoms with Crippen LogP contribution in [-0.4, -0.2) is 98.1 Å². The molecule has 0 atom stereocenters. The first kappa shape index (κ1) is 23.5. The van der Waals surface area contributed by atoms with Gasteiger partial charge in [-0.25, -0.2) is 4.98 Å². The quantitative estimate of drug-likeness (QED) is 0.628. The third kappa shape index (κ3) is 6.01. The molecule has 0 radical (unpaired) electrons. The third-order valence-electron chi connectivity index (χ3n) is 6.08. The van der Waals surface area contributed by atoms with Crippen LogP contribution < -0.4 is 14.8 Å². The van der Waals surface area contributed by atoms with Crippen LogP contribution in [0, 0.1) is 0 Å². The second-order valence-electron chi connectivity index (χ2n) is 8.29. The van der Waals surface area contributed by atoms with Crippen LogP contribution >= 0.6 is 11.3 Å². The van der Waals surface area contributed by atoms with Crippen LogP contribution in [0.3, 0.4) is 0 Å². The van der Waals surface area contributed by atoms with Gasteiger partial charge in [0.05, 0.1) is 33.0 Å². The molecule has 0 saturated carbocycles. The van der Waals surface area contributed by atoms with Gasteiger partial charge in [0.25, 0.3) is 0 Å². The van der Waals surface area contributed by atoms with E-state index in [0.29, 0.717) is 29.7 Å². The Morgan fingerprint density at radius 3 is 2.36 bits per heavy atom. The van der Waals surface area contributed by atoms with E-state index < -0.39 is 0 Å². The van der Waals surface area contributed by atoms with Crippen LogP contribution in [0.25, 0.3) is 11.3 Å². The molecule has 33 heavy (non-hydrogen) atoms. The Kier molecular flexibility index (Phi) is 7.79. The molecule has 1 N–H and O–H groups in total. The van der Waals surface area contributed by atoms with Crippen LogP contribution in [0.1, 0.15) is 12.8 Å². The number of hydrogen-bond donors (Lipinski definition) is 1. The molecule has 0 spiro atoms. The molecule has 2 saturated heterocycles. The Labute approximate surface area is 198 Å². The summed E-state index contributed by atoms with van der Waals surface area (Å²) in [5, 5.41) is 5.36. The lowest BCUT2D eigenvalue weighted by Crippen LogP contribution is -2.51. The average molecular weight is 474 g/mol. The molecule has 1 aromatic carbocycles. The molecule has 0 aliphatic carbocycles. The molecule has 2 amide bonds. The van der Waals surface area contributed by atoms with Crippen molar-refractivity contribution in [2.75, 3.05) is 71.9 Å². The number of benzene rings is 1. The predicted molar refractivity (Wildman–Crippen MR) is 128 cm³/mol. The number of rotatable bonds is 8. The van der Waals surface area contributed by atoms with E-state index >= 15 is 0 Å². The summed E-state index contributed by atoms with van der Waals surface area (Å²) in [6.07, 6.45) is 2.23. The van der Waals surface area contributed by atoms with E-state index in [9.17, 15) is 9.59 Å². The van der Waals surface area contributed by atoms with Crippen molar-refractivity contribution in [1.82, 2.24) is 19.7 Å². The van der Waals surface area contributed by atoms with Gasteiger partial charge in [-0.05, 0) is 25.0 Å². The van der Waals surface area contributed by atoms with E-state index in [1.165, 1.54) is 11.3 Å². The van der Waals surface area contributed by atoms with Gasteiger partial charge in [0.15, 0.2) is 5.13 Å². The lowest BCUT2D eigenvalue weighted by atomic mass is 10.1. The van der Waals surface area contributed by atoms with Gasteiger partial charge >= 0.3 is 0 Å². The highest BCUT2D eigenvalue weighted by Crippen LogP contribution is 2.34. The number of nitrogens with one attached hydrogen (secondary N) is 1. The number of hydrogen-bond acceptors (Lipinski definition) is 8. The Morgan fingerprint density at radius 2 is 1.70 bits per heavy atom. The van der Waals surface area contributed by atoms with Gasteiger partial charge in [-0.3, -0.25) is 19.4 Å². The van der Waals surface area contributed by atoms with E-state index in [4.69, 9.17) is 9.47 Å². The molecule has 2 aliphatic heterocycles. The molecule has 3 heterocycles. The van der Waals surface area contributed by atoms with Crippen LogP contribution in [0.2, 0.25) is 0 Å². The molecule has 0 unspecified atom stereocenters. The molecule has 2 aliphatic rings. The smallest absolute Gasteiger partial charge is 0.240 e. The molecule has 2 fully saturated rings. The summed E-state index contributed by atoms with van der Waals surface area (Å²) in [4.78, 5) is 35.7. The molecular formula is C23H31N5O4S. The number of thiazole rings is 1. The fourth-order valence-corrected chi connectivity index (χ4v) is 4.92. The Hall–Kier alpha value is -2.69. The van der Waals surface area contributed by atoms with Crippen molar-refractivity contribution in [2.24, 2.45) is 0 Å². The van der Waals surface area contributed by atoms with E-state index in [0.717, 1.165) is 63.4 Å². The number of anilines is 1. The van der Waals surface area contributed by atoms with Gasteiger partial charge in [-0.15, -0.1) is 11.3 Å². The lowest BCUT2D eigenvalue weighted by Gasteiger charge is -2.34. The van der Waals surface area contributed by atoms with Crippen molar-refractivity contribution in [3.8, 4) is 22.8 Å². The minimum absolute atomic E-state index is 0.0841. The maximum atomic E-state index is 12.6. The molecule has 0 bridgehead atoms. The molecule has 178 valence electrons. The number of nitrogens with zero attached hydrogens (tertiary/aromatic N) is 4. The number of likely N-dealkylation sites (tertiary alicyclic amines) is 1. The van der Waals surface area contributed by atoms with E-state index in [-0.39, 0.29) is 11.8 Å². The van der Waals surface area contributed by atoms with Gasteiger partial charge in [-0.1, -0.05) is 0 Å². The normalized spacial score (nSPS) is 17.2. The molecule has 4 rings (SSSR count). The number of carbonyl (C=O) groups excluding carboxylic acids is 2. The molecule has 10 heteroatoms. The summed E-state index contributed by atoms with van der Waals surface area (Å²) in [5.41, 5.74) is 1.58. The molecular weight excluding hydrogens is 442 g/mol. The number of aromatic nitrogens is 1. The van der Waals surface area contributed by atoms with Crippen molar-refractivity contribution in [1.29, 1.82) is 0 Å². The van der Waals surface area contributed by atoms with Crippen LogP contribution in [-0.2, 0) is 9.59 Å². The van der Waals surface area contributed by atoms with Gasteiger partial charge < -0.3 is 19.7 Å². The summed E-state index contributed by atoms with van der Waals surface area (Å²) in [5.74, 6) is 1.52. The number of carbonyl (C=O) groups is 2. The minimum atomic E-state index is -0.0841. The van der Waals surface area contributed by atoms with Crippen molar-refractivity contribution in [3.05, 3.63) is 23.6 Å². The Morgan fingerprint density at radius 1 is 1.00 bits per heavy atom. The number of methoxy groups -OCH3 is 2. The van der Waals surface area contributed by atoms with Crippen molar-refractivity contribution >= 4 is 28.3 Å². The van der Waals surface area contributed by atoms with E-state index in [1.807, 2.05) is 28.5 Å². The van der Waals surface area contributed by atoms with Gasteiger partial charge in [-0.2, -0.15) is 0 Å². The summed E-state index contributed by atoms with van der Waals surface area (Å²) in [7, 11) is 3.22. The van der Waals surface area contributed by atoms with Crippen LogP contribution in [0.15, 0.2) is 23.6 Å². The fraction of sp³-hybridized carbons (Fsp3) is 0.522. The zero-order chi connectivity index (χ0) is 23.2. The van der Waals surface area contributed by atoms with Crippen molar-refractivity contribution in [2.45, 2.75) is 12.8 Å². The minimum Gasteiger partial charge on any atom is -0.497 e. The fourth-order valence-electron chi connectivity index (χ4n) is 4.19. The van der Waals surface area contributed by atoms with Crippen LogP contribution in [0.4, 0.5) is 5.13 Å². The first-order valence-corrected chi connectivity index (χ1v) is 12.1. The summed E-state index contributed by atoms with van der Waals surface area (Å²) in [6.45, 7) is 5.72. The topological polar surface area (TPSA) is 87.2 Å². The van der Waals surface area contributed by atoms with Gasteiger partial charge in [0, 0.05) is 56.3 Å². The summed E-state index contributed by atoms with van der Waals surface area (Å²) in [6, 6.07) is 5.56. The monoisotopic (exact) mass is 473 g/mol. The van der Waals surface area contributed by atoms with Crippen LogP contribution in [0.5, 0.6) is 11.5 Å². The summed E-state index contributed by atoms with van der Waals surface area (Å²) >= 11 is 1.38. The lowest BCUT2D eigenvalue weighted by molar-refractivity contribution is -0.132. The zero-order valence-corrected chi connectivity index (χ0v) is 20.0. The third-order valence-corrected chi connectivity index (χ3v) is 6.84. The zero-order valence-electron chi connectivity index (χ0n) is 19.2. The van der Waals surface area contributed by atoms with Gasteiger partial charge in [0.2, 0.25) is 11.8 Å². The Balaban J connectivity index is 1.25. The largest absolute Gasteiger partial charge is 0.497 e. The molecule has 9 nitrogen and oxygen atoms in total. The highest BCUT2D eigenvalue weighted by molar-refractivity contribution is 7.14.